The van der Waals surface area contributed by atoms with E-state index in [2.05, 4.69) is 27.1 Å². The van der Waals surface area contributed by atoms with Crippen LogP contribution in [-0.2, 0) is 0 Å². The molecule has 0 aliphatic rings. The third kappa shape index (κ3) is 4.48. The second-order valence-corrected chi connectivity index (χ2v) is 4.24. The van der Waals surface area contributed by atoms with Crippen LogP contribution in [0.15, 0.2) is 18.7 Å². The topological polar surface area (TPSA) is 58.1 Å². The predicted octanol–water partition coefficient (Wildman–Crippen LogP) is 0.937. The fourth-order valence-electron chi connectivity index (χ4n) is 1.60. The van der Waals surface area contributed by atoms with Crippen molar-refractivity contribution in [3.8, 4) is 0 Å². The quantitative estimate of drug-likeness (QED) is 0.798. The van der Waals surface area contributed by atoms with Gasteiger partial charge >= 0.3 is 0 Å². The number of carbonyl (C=O) groups excluding carboxylic acids is 1. The molecule has 1 unspecified atom stereocenters. The number of nitrogens with zero attached hydrogens (tertiary/aromatic N) is 3. The van der Waals surface area contributed by atoms with Crippen LogP contribution in [0, 0.1) is 0 Å². The van der Waals surface area contributed by atoms with Crippen molar-refractivity contribution < 1.29 is 4.79 Å². The number of likely N-dealkylation sites (N-methyl/N-ethyl adjacent to an activating group) is 1. The highest BCUT2D eigenvalue weighted by Gasteiger charge is 2.12. The van der Waals surface area contributed by atoms with Gasteiger partial charge in [0.15, 0.2) is 0 Å². The molecule has 5 heteroatoms. The van der Waals surface area contributed by atoms with Gasteiger partial charge in [0.1, 0.15) is 6.33 Å². The molecule has 1 atom stereocenters. The Hall–Kier alpha value is -1.49. The molecule has 0 aliphatic carbocycles. The molecule has 1 aromatic heterocycles. The average Bonchev–Trinajstić information content (AvgIpc) is 2.34. The Morgan fingerprint density at radius 3 is 2.59 bits per heavy atom. The van der Waals surface area contributed by atoms with Gasteiger partial charge in [-0.05, 0) is 20.5 Å². The third-order valence-corrected chi connectivity index (χ3v) is 2.67. The molecule has 1 aromatic rings. The fourth-order valence-corrected chi connectivity index (χ4v) is 1.60. The second-order valence-electron chi connectivity index (χ2n) is 4.24. The van der Waals surface area contributed by atoms with Crippen LogP contribution in [0.4, 0.5) is 0 Å². The van der Waals surface area contributed by atoms with Crippen LogP contribution >= 0.6 is 0 Å². The van der Waals surface area contributed by atoms with Crippen molar-refractivity contribution >= 4 is 5.91 Å². The molecule has 0 aromatic carbocycles. The summed E-state index contributed by atoms with van der Waals surface area (Å²) in [4.78, 5) is 21.5. The second kappa shape index (κ2) is 6.96. The molecule has 0 bridgehead atoms. The molecule has 5 nitrogen and oxygen atoms in total. The average molecular weight is 236 g/mol. The first-order valence-electron chi connectivity index (χ1n) is 5.84. The summed E-state index contributed by atoms with van der Waals surface area (Å²) in [7, 11) is 4.05. The lowest BCUT2D eigenvalue weighted by atomic mass is 10.1. The molecule has 0 spiro atoms. The molecule has 94 valence electrons. The highest BCUT2D eigenvalue weighted by Crippen LogP contribution is 2.02. The van der Waals surface area contributed by atoms with E-state index in [1.54, 1.807) is 0 Å². The molecule has 1 N–H and O–H groups in total. The zero-order chi connectivity index (χ0) is 12.7. The summed E-state index contributed by atoms with van der Waals surface area (Å²) >= 11 is 0. The number of rotatable bonds is 6. The molecule has 0 saturated carbocycles. The van der Waals surface area contributed by atoms with Crippen molar-refractivity contribution in [3.63, 3.8) is 0 Å². The minimum Gasteiger partial charge on any atom is -0.350 e. The minimum absolute atomic E-state index is 0.117. The highest BCUT2D eigenvalue weighted by molar-refractivity contribution is 5.93. The zero-order valence-electron chi connectivity index (χ0n) is 10.7. The monoisotopic (exact) mass is 236 g/mol. The van der Waals surface area contributed by atoms with E-state index in [4.69, 9.17) is 0 Å². The van der Waals surface area contributed by atoms with Crippen molar-refractivity contribution in [2.45, 2.75) is 25.8 Å². The zero-order valence-corrected chi connectivity index (χ0v) is 10.7. The first-order chi connectivity index (χ1) is 8.15. The van der Waals surface area contributed by atoms with Crippen LogP contribution in [0.2, 0.25) is 0 Å². The fraction of sp³-hybridized carbons (Fsp3) is 0.583. The van der Waals surface area contributed by atoms with Gasteiger partial charge in [-0.3, -0.25) is 4.79 Å². The van der Waals surface area contributed by atoms with Gasteiger partial charge in [0.25, 0.3) is 5.91 Å². The Morgan fingerprint density at radius 2 is 2.06 bits per heavy atom. The van der Waals surface area contributed by atoms with Gasteiger partial charge in [-0.25, -0.2) is 9.97 Å². The van der Waals surface area contributed by atoms with Crippen molar-refractivity contribution in [1.29, 1.82) is 0 Å². The molecule has 0 radical (unpaired) electrons. The maximum Gasteiger partial charge on any atom is 0.254 e. The first-order valence-corrected chi connectivity index (χ1v) is 5.84. The summed E-state index contributed by atoms with van der Waals surface area (Å²) in [5.41, 5.74) is 0.501. The minimum atomic E-state index is -0.117. The summed E-state index contributed by atoms with van der Waals surface area (Å²) in [5.74, 6) is -0.117. The lowest BCUT2D eigenvalue weighted by Gasteiger charge is -2.24. The third-order valence-electron chi connectivity index (χ3n) is 2.67. The Labute approximate surface area is 102 Å². The normalized spacial score (nSPS) is 12.5. The van der Waals surface area contributed by atoms with E-state index < -0.39 is 0 Å². The van der Waals surface area contributed by atoms with Gasteiger partial charge in [0, 0.05) is 25.0 Å². The molecule has 17 heavy (non-hydrogen) atoms. The molecule has 1 amide bonds. The number of nitrogens with one attached hydrogen (secondary N) is 1. The Balaban J connectivity index is 2.47. The lowest BCUT2D eigenvalue weighted by molar-refractivity contribution is 0.0939. The first kappa shape index (κ1) is 13.6. The standard InChI is InChI=1S/C12H20N4O/c1-4-5-11(16(2)3)8-15-12(17)10-6-13-9-14-7-10/h6-7,9,11H,4-5,8H2,1-3H3,(H,15,17). The molecule has 1 rings (SSSR count). The van der Waals surface area contributed by atoms with Crippen LogP contribution in [0.1, 0.15) is 30.1 Å². The van der Waals surface area contributed by atoms with Gasteiger partial charge in [-0.15, -0.1) is 0 Å². The number of hydrogen-bond donors (Lipinski definition) is 1. The number of amides is 1. The van der Waals surface area contributed by atoms with Crippen LogP contribution in [0.3, 0.4) is 0 Å². The maximum atomic E-state index is 11.8. The smallest absolute Gasteiger partial charge is 0.254 e. The number of carbonyl (C=O) groups is 1. The van der Waals surface area contributed by atoms with Crippen LogP contribution in [0.25, 0.3) is 0 Å². The molecular formula is C12H20N4O. The van der Waals surface area contributed by atoms with E-state index in [0.717, 1.165) is 12.8 Å². The summed E-state index contributed by atoms with van der Waals surface area (Å²) in [6.07, 6.45) is 6.63. The number of hydrogen-bond acceptors (Lipinski definition) is 4. The SMILES string of the molecule is CCCC(CNC(=O)c1cncnc1)N(C)C. The van der Waals surface area contributed by atoms with E-state index in [0.29, 0.717) is 18.2 Å². The van der Waals surface area contributed by atoms with Gasteiger partial charge in [0.05, 0.1) is 5.56 Å². The maximum absolute atomic E-state index is 11.8. The lowest BCUT2D eigenvalue weighted by Crippen LogP contribution is -2.40. The van der Waals surface area contributed by atoms with E-state index >= 15 is 0 Å². The summed E-state index contributed by atoms with van der Waals surface area (Å²) in [6.45, 7) is 2.79. The predicted molar refractivity (Wildman–Crippen MR) is 66.7 cm³/mol. The van der Waals surface area contributed by atoms with Crippen molar-refractivity contribution in [2.24, 2.45) is 0 Å². The molecule has 0 fully saturated rings. The Bertz CT molecular complexity index is 340. The van der Waals surface area contributed by atoms with Crippen molar-refractivity contribution in [2.75, 3.05) is 20.6 Å². The molecule has 1 heterocycles. The van der Waals surface area contributed by atoms with Crippen LogP contribution in [-0.4, -0.2) is 47.5 Å². The van der Waals surface area contributed by atoms with Gasteiger partial charge in [-0.2, -0.15) is 0 Å². The van der Waals surface area contributed by atoms with Gasteiger partial charge in [-0.1, -0.05) is 13.3 Å². The van der Waals surface area contributed by atoms with Crippen LogP contribution in [0.5, 0.6) is 0 Å². The van der Waals surface area contributed by atoms with E-state index in [1.165, 1.54) is 18.7 Å². The van der Waals surface area contributed by atoms with E-state index in [9.17, 15) is 4.79 Å². The van der Waals surface area contributed by atoms with Crippen molar-refractivity contribution in [3.05, 3.63) is 24.3 Å². The summed E-state index contributed by atoms with van der Waals surface area (Å²) in [5, 5.41) is 2.90. The van der Waals surface area contributed by atoms with Gasteiger partial charge in [0.2, 0.25) is 0 Å². The molecule has 0 saturated heterocycles. The van der Waals surface area contributed by atoms with Crippen molar-refractivity contribution in [1.82, 2.24) is 20.2 Å². The highest BCUT2D eigenvalue weighted by atomic mass is 16.1. The Kier molecular flexibility index (Phi) is 5.56. The summed E-state index contributed by atoms with van der Waals surface area (Å²) < 4.78 is 0. The van der Waals surface area contributed by atoms with Gasteiger partial charge < -0.3 is 10.2 Å². The van der Waals surface area contributed by atoms with E-state index in [-0.39, 0.29) is 5.91 Å². The Morgan fingerprint density at radius 1 is 1.41 bits per heavy atom. The number of aromatic nitrogens is 2. The van der Waals surface area contributed by atoms with Crippen LogP contribution < -0.4 is 5.32 Å². The molecule has 0 aliphatic heterocycles. The molecular weight excluding hydrogens is 216 g/mol. The van der Waals surface area contributed by atoms with E-state index in [1.807, 2.05) is 14.1 Å². The largest absolute Gasteiger partial charge is 0.350 e. The summed E-state index contributed by atoms with van der Waals surface area (Å²) in [6, 6.07) is 0.369.